The molecule has 0 amide bonds. The minimum Gasteiger partial charge on any atom is -0.211 e. The Bertz CT molecular complexity index is 261. The van der Waals surface area contributed by atoms with Gasteiger partial charge in [0.15, 0.2) is 0 Å². The molecule has 0 saturated carbocycles. The number of isocyanates is 1. The zero-order valence-corrected chi connectivity index (χ0v) is 6.93. The molecule has 0 aromatic carbocycles. The van der Waals surface area contributed by atoms with Crippen LogP contribution in [0.5, 0.6) is 0 Å². The van der Waals surface area contributed by atoms with Crippen LogP contribution in [-0.2, 0) is 4.79 Å². The molecule has 0 radical (unpaired) electrons. The molecule has 58 valence electrons. The Morgan fingerprint density at radius 3 is 3.18 bits per heavy atom. The predicted molar refractivity (Wildman–Crippen MR) is 44.2 cm³/mol. The highest BCUT2D eigenvalue weighted by atomic mass is 35.5. The highest BCUT2D eigenvalue weighted by Crippen LogP contribution is 2.23. The van der Waals surface area contributed by atoms with E-state index in [1.807, 2.05) is 19.1 Å². The molecule has 0 bridgehead atoms. The van der Waals surface area contributed by atoms with Crippen molar-refractivity contribution in [2.24, 2.45) is 4.99 Å². The summed E-state index contributed by atoms with van der Waals surface area (Å²) in [4.78, 5) is 13.6. The lowest BCUT2D eigenvalue weighted by Crippen LogP contribution is -2.08. The molecule has 1 unspecified atom stereocenters. The first-order valence-corrected chi connectivity index (χ1v) is 3.73. The lowest BCUT2D eigenvalue weighted by molar-refractivity contribution is 0.559. The fourth-order valence-electron chi connectivity index (χ4n) is 0.981. The molecule has 0 spiro atoms. The van der Waals surface area contributed by atoms with Gasteiger partial charge in [0.2, 0.25) is 6.08 Å². The van der Waals surface area contributed by atoms with Crippen LogP contribution in [0, 0.1) is 0 Å². The van der Waals surface area contributed by atoms with Crippen LogP contribution in [0.3, 0.4) is 0 Å². The maximum atomic E-state index is 9.94. The summed E-state index contributed by atoms with van der Waals surface area (Å²) in [6.45, 7) is 1.87. The Labute approximate surface area is 70.3 Å². The first-order valence-electron chi connectivity index (χ1n) is 3.35. The molecule has 0 aromatic heterocycles. The Morgan fingerprint density at radius 2 is 2.55 bits per heavy atom. The second kappa shape index (κ2) is 3.51. The lowest BCUT2D eigenvalue weighted by Gasteiger charge is -2.13. The van der Waals surface area contributed by atoms with Gasteiger partial charge >= 0.3 is 0 Å². The van der Waals surface area contributed by atoms with E-state index in [0.717, 1.165) is 12.0 Å². The Balaban J connectivity index is 2.88. The number of allylic oxidation sites excluding steroid dienone is 2. The summed E-state index contributed by atoms with van der Waals surface area (Å²) in [6.07, 6.45) is 6.01. The Morgan fingerprint density at radius 1 is 1.82 bits per heavy atom. The second-order valence-electron chi connectivity index (χ2n) is 2.41. The maximum absolute atomic E-state index is 9.94. The minimum absolute atomic E-state index is 0.0926. The van der Waals surface area contributed by atoms with Gasteiger partial charge in [-0.2, -0.15) is 4.99 Å². The van der Waals surface area contributed by atoms with Crippen molar-refractivity contribution in [2.75, 3.05) is 0 Å². The van der Waals surface area contributed by atoms with Gasteiger partial charge < -0.3 is 0 Å². The third kappa shape index (κ3) is 1.79. The summed E-state index contributed by atoms with van der Waals surface area (Å²) < 4.78 is 0. The molecule has 0 heterocycles. The molecular formula is C8H8ClNO. The smallest absolute Gasteiger partial charge is 0.211 e. The van der Waals surface area contributed by atoms with E-state index < -0.39 is 0 Å². The number of hydrogen-bond acceptors (Lipinski definition) is 2. The van der Waals surface area contributed by atoms with E-state index in [-0.39, 0.29) is 6.04 Å². The van der Waals surface area contributed by atoms with Crippen molar-refractivity contribution in [3.63, 3.8) is 0 Å². The first-order chi connectivity index (χ1) is 5.25. The zero-order valence-electron chi connectivity index (χ0n) is 6.17. The summed E-state index contributed by atoms with van der Waals surface area (Å²) in [5.74, 6) is 0. The molecule has 1 aliphatic rings. The normalized spacial score (nSPS) is 23.3. The van der Waals surface area contributed by atoms with Crippen LogP contribution in [0.25, 0.3) is 0 Å². The SMILES string of the molecule is CC1=C(Cl)C=CCC1N=C=O. The Kier molecular flexibility index (Phi) is 2.64. The topological polar surface area (TPSA) is 29.4 Å². The van der Waals surface area contributed by atoms with Crippen LogP contribution in [0.2, 0.25) is 0 Å². The van der Waals surface area contributed by atoms with Crippen molar-refractivity contribution in [1.29, 1.82) is 0 Å². The van der Waals surface area contributed by atoms with Gasteiger partial charge in [0.1, 0.15) is 0 Å². The standard InChI is InChI=1S/C8H8ClNO/c1-6-7(9)3-2-4-8(6)10-5-11/h2-3,8H,4H2,1H3. The molecule has 0 saturated heterocycles. The fourth-order valence-corrected chi connectivity index (χ4v) is 1.20. The van der Waals surface area contributed by atoms with Crippen LogP contribution >= 0.6 is 11.6 Å². The van der Waals surface area contributed by atoms with Gasteiger partial charge in [-0.25, -0.2) is 4.79 Å². The monoisotopic (exact) mass is 169 g/mol. The fraction of sp³-hybridized carbons (Fsp3) is 0.375. The molecule has 0 aromatic rings. The maximum Gasteiger partial charge on any atom is 0.235 e. The summed E-state index contributed by atoms with van der Waals surface area (Å²) in [6, 6.07) is -0.0926. The van der Waals surface area contributed by atoms with Crippen LogP contribution in [0.15, 0.2) is 27.7 Å². The van der Waals surface area contributed by atoms with Crippen LogP contribution in [0.4, 0.5) is 0 Å². The van der Waals surface area contributed by atoms with Crippen molar-refractivity contribution in [3.8, 4) is 0 Å². The molecule has 2 nitrogen and oxygen atoms in total. The van der Waals surface area contributed by atoms with Crippen molar-refractivity contribution >= 4 is 17.7 Å². The molecule has 0 fully saturated rings. The van der Waals surface area contributed by atoms with Gasteiger partial charge in [0, 0.05) is 5.03 Å². The van der Waals surface area contributed by atoms with E-state index in [9.17, 15) is 4.79 Å². The zero-order chi connectivity index (χ0) is 8.27. The molecular weight excluding hydrogens is 162 g/mol. The number of rotatable bonds is 1. The lowest BCUT2D eigenvalue weighted by atomic mass is 10.0. The molecule has 1 rings (SSSR count). The molecule has 0 aliphatic heterocycles. The van der Waals surface area contributed by atoms with E-state index in [0.29, 0.717) is 5.03 Å². The van der Waals surface area contributed by atoms with Gasteiger partial charge in [-0.3, -0.25) is 0 Å². The highest BCUT2D eigenvalue weighted by molar-refractivity contribution is 6.31. The average Bonchev–Trinajstić information content (AvgIpc) is 1.99. The van der Waals surface area contributed by atoms with Gasteiger partial charge in [-0.05, 0) is 25.0 Å². The van der Waals surface area contributed by atoms with E-state index in [2.05, 4.69) is 4.99 Å². The first kappa shape index (κ1) is 8.25. The second-order valence-corrected chi connectivity index (χ2v) is 2.81. The van der Waals surface area contributed by atoms with Crippen LogP contribution in [-0.4, -0.2) is 12.1 Å². The summed E-state index contributed by atoms with van der Waals surface area (Å²) in [7, 11) is 0. The number of aliphatic imine (C=N–C) groups is 1. The number of carbonyl (C=O) groups excluding carboxylic acids is 1. The van der Waals surface area contributed by atoms with Crippen molar-refractivity contribution in [2.45, 2.75) is 19.4 Å². The predicted octanol–water partition coefficient (Wildman–Crippen LogP) is 2.16. The van der Waals surface area contributed by atoms with Gasteiger partial charge in [0.05, 0.1) is 6.04 Å². The van der Waals surface area contributed by atoms with E-state index >= 15 is 0 Å². The number of hydrogen-bond donors (Lipinski definition) is 0. The molecule has 3 heteroatoms. The third-order valence-corrected chi connectivity index (χ3v) is 2.13. The van der Waals surface area contributed by atoms with Gasteiger partial charge in [-0.1, -0.05) is 17.7 Å². The Hall–Kier alpha value is -0.850. The minimum atomic E-state index is -0.0926. The number of nitrogens with zero attached hydrogens (tertiary/aromatic N) is 1. The molecule has 1 atom stereocenters. The summed E-state index contributed by atoms with van der Waals surface area (Å²) in [5.41, 5.74) is 0.942. The van der Waals surface area contributed by atoms with Crippen LogP contribution in [0.1, 0.15) is 13.3 Å². The number of halogens is 1. The largest absolute Gasteiger partial charge is 0.235 e. The van der Waals surface area contributed by atoms with Crippen molar-refractivity contribution in [3.05, 3.63) is 22.8 Å². The molecule has 0 N–H and O–H groups in total. The van der Waals surface area contributed by atoms with E-state index in [1.54, 1.807) is 0 Å². The average molecular weight is 170 g/mol. The van der Waals surface area contributed by atoms with Crippen molar-refractivity contribution < 1.29 is 4.79 Å². The quantitative estimate of drug-likeness (QED) is 0.437. The van der Waals surface area contributed by atoms with E-state index in [1.165, 1.54) is 6.08 Å². The van der Waals surface area contributed by atoms with Gasteiger partial charge in [-0.15, -0.1) is 0 Å². The van der Waals surface area contributed by atoms with Crippen LogP contribution < -0.4 is 0 Å². The molecule has 1 aliphatic carbocycles. The van der Waals surface area contributed by atoms with E-state index in [4.69, 9.17) is 11.6 Å². The van der Waals surface area contributed by atoms with Gasteiger partial charge in [0.25, 0.3) is 0 Å². The summed E-state index contributed by atoms with van der Waals surface area (Å²) in [5, 5.41) is 0.681. The summed E-state index contributed by atoms with van der Waals surface area (Å²) >= 11 is 5.80. The third-order valence-electron chi connectivity index (χ3n) is 1.71. The molecule has 11 heavy (non-hydrogen) atoms. The highest BCUT2D eigenvalue weighted by Gasteiger charge is 2.13. The van der Waals surface area contributed by atoms with Crippen molar-refractivity contribution in [1.82, 2.24) is 0 Å².